The van der Waals surface area contributed by atoms with Crippen LogP contribution in [-0.4, -0.2) is 65.9 Å². The van der Waals surface area contributed by atoms with Crippen molar-refractivity contribution < 1.29 is 14.6 Å². The number of hydrogen-bond acceptors (Lipinski definition) is 4. The first kappa shape index (κ1) is 22.7. The van der Waals surface area contributed by atoms with Crippen molar-refractivity contribution in [2.75, 3.05) is 40.0 Å². The number of amides is 2. The lowest BCUT2D eigenvalue weighted by Gasteiger charge is -2.48. The molecule has 0 bridgehead atoms. The third kappa shape index (κ3) is 4.38. The number of aromatic amines is 1. The van der Waals surface area contributed by atoms with Gasteiger partial charge in [-0.1, -0.05) is 30.3 Å². The zero-order valence-corrected chi connectivity index (χ0v) is 19.8. The molecule has 0 saturated carbocycles. The zero-order chi connectivity index (χ0) is 23.5. The summed E-state index contributed by atoms with van der Waals surface area (Å²) in [6.07, 6.45) is 4.02. The number of nitrogens with zero attached hydrogens (tertiary/aromatic N) is 2. The Balaban J connectivity index is 1.40. The highest BCUT2D eigenvalue weighted by Gasteiger charge is 2.44. The van der Waals surface area contributed by atoms with E-state index in [-0.39, 0.29) is 18.2 Å². The molecule has 0 unspecified atom stereocenters. The quantitative estimate of drug-likeness (QED) is 0.489. The van der Waals surface area contributed by atoms with Crippen LogP contribution < -0.4 is 10.1 Å². The van der Waals surface area contributed by atoms with Gasteiger partial charge in [0.1, 0.15) is 12.5 Å². The van der Waals surface area contributed by atoms with Crippen molar-refractivity contribution in [3.63, 3.8) is 0 Å². The molecule has 1 saturated heterocycles. The van der Waals surface area contributed by atoms with Gasteiger partial charge in [0.25, 0.3) is 0 Å². The first-order valence-corrected chi connectivity index (χ1v) is 12.2. The molecule has 1 aromatic heterocycles. The molecule has 3 heterocycles. The molecule has 0 atom stereocenters. The molecule has 2 aliphatic rings. The highest BCUT2D eigenvalue weighted by molar-refractivity contribution is 5.87. The van der Waals surface area contributed by atoms with Crippen LogP contribution >= 0.6 is 0 Å². The number of nitrogens with one attached hydrogen (secondary N) is 2. The highest BCUT2D eigenvalue weighted by atomic mass is 16.5. The Kier molecular flexibility index (Phi) is 6.48. The number of hydrogen-bond donors (Lipinski definition) is 3. The summed E-state index contributed by atoms with van der Waals surface area (Å²) in [6.45, 7) is 4.01. The number of methoxy groups -OCH3 is 1. The number of carbonyl (C=O) groups is 1. The maximum Gasteiger partial charge on any atom is 0.319 e. The summed E-state index contributed by atoms with van der Waals surface area (Å²) in [4.78, 5) is 20.4. The third-order valence-electron chi connectivity index (χ3n) is 7.54. The Bertz CT molecular complexity index is 1140. The number of aliphatic hydroxyl groups excluding tert-OH is 1. The van der Waals surface area contributed by atoms with Crippen molar-refractivity contribution in [1.29, 1.82) is 0 Å². The minimum atomic E-state index is -0.329. The van der Waals surface area contributed by atoms with E-state index in [1.807, 2.05) is 11.0 Å². The van der Waals surface area contributed by atoms with Crippen molar-refractivity contribution in [3.05, 3.63) is 65.4 Å². The van der Waals surface area contributed by atoms with E-state index in [0.717, 1.165) is 56.6 Å². The smallest absolute Gasteiger partial charge is 0.319 e. The van der Waals surface area contributed by atoms with E-state index < -0.39 is 0 Å². The summed E-state index contributed by atoms with van der Waals surface area (Å²) < 4.78 is 5.47. The Hall–Kier alpha value is -3.03. The van der Waals surface area contributed by atoms with E-state index in [4.69, 9.17) is 9.84 Å². The van der Waals surface area contributed by atoms with Gasteiger partial charge in [0.15, 0.2) is 0 Å². The van der Waals surface area contributed by atoms with Gasteiger partial charge in [0, 0.05) is 54.3 Å². The molecule has 3 aromatic rings. The molecule has 7 heteroatoms. The van der Waals surface area contributed by atoms with E-state index >= 15 is 0 Å². The van der Waals surface area contributed by atoms with Crippen LogP contribution in [0.25, 0.3) is 10.9 Å². The largest absolute Gasteiger partial charge is 0.497 e. The minimum Gasteiger partial charge on any atom is -0.497 e. The van der Waals surface area contributed by atoms with Gasteiger partial charge < -0.3 is 25.0 Å². The van der Waals surface area contributed by atoms with Crippen LogP contribution in [0.4, 0.5) is 4.79 Å². The fourth-order valence-electron chi connectivity index (χ4n) is 5.91. The van der Waals surface area contributed by atoms with Gasteiger partial charge in [-0.15, -0.1) is 0 Å². The van der Waals surface area contributed by atoms with Crippen molar-refractivity contribution in [3.8, 4) is 5.75 Å². The van der Waals surface area contributed by atoms with Gasteiger partial charge in [0.05, 0.1) is 7.11 Å². The lowest BCUT2D eigenvalue weighted by atomic mass is 9.69. The van der Waals surface area contributed by atoms with Crippen LogP contribution in [-0.2, 0) is 18.4 Å². The Morgan fingerprint density at radius 3 is 2.71 bits per heavy atom. The second-order valence-electron chi connectivity index (χ2n) is 9.60. The van der Waals surface area contributed by atoms with E-state index in [9.17, 15) is 4.79 Å². The normalized spacial score (nSPS) is 17.6. The number of H-pyrrole nitrogens is 1. The van der Waals surface area contributed by atoms with E-state index in [2.05, 4.69) is 57.7 Å². The molecular formula is C27H34N4O3. The standard InChI is InChI=1S/C27H34N4O3/c1-34-21-9-10-22-23(16-21)29-24-17-30(13-5-8-20-6-3-2-4-7-20)18-27(25(22)24)11-14-31(15-12-27)26(33)28-19-32/h2-4,6-7,9-10,16,29,32H,5,8,11-15,17-19H2,1H3,(H,28,33). The molecule has 2 aliphatic heterocycles. The van der Waals surface area contributed by atoms with Crippen LogP contribution in [0.3, 0.4) is 0 Å². The van der Waals surface area contributed by atoms with Crippen molar-refractivity contribution in [2.24, 2.45) is 0 Å². The fraction of sp³-hybridized carbons (Fsp3) is 0.444. The number of urea groups is 1. The maximum absolute atomic E-state index is 12.3. The fourth-order valence-corrected chi connectivity index (χ4v) is 5.91. The first-order valence-electron chi connectivity index (χ1n) is 12.2. The number of carbonyl (C=O) groups excluding carboxylic acids is 1. The molecule has 0 aliphatic carbocycles. The Morgan fingerprint density at radius 1 is 1.18 bits per heavy atom. The molecule has 1 fully saturated rings. The van der Waals surface area contributed by atoms with Gasteiger partial charge >= 0.3 is 6.03 Å². The summed E-state index contributed by atoms with van der Waals surface area (Å²) in [5.74, 6) is 0.857. The number of benzene rings is 2. The predicted octanol–water partition coefficient (Wildman–Crippen LogP) is 3.62. The van der Waals surface area contributed by atoms with E-state index in [1.54, 1.807) is 7.11 Å². The van der Waals surface area contributed by atoms with Crippen LogP contribution in [0, 0.1) is 0 Å². The van der Waals surface area contributed by atoms with Gasteiger partial charge in [0.2, 0.25) is 0 Å². The summed E-state index contributed by atoms with van der Waals surface area (Å²) in [5, 5.41) is 12.9. The number of aromatic nitrogens is 1. The van der Waals surface area contributed by atoms with Crippen molar-refractivity contribution >= 4 is 16.9 Å². The number of fused-ring (bicyclic) bond motifs is 4. The van der Waals surface area contributed by atoms with Gasteiger partial charge in [-0.05, 0) is 55.5 Å². The van der Waals surface area contributed by atoms with Crippen molar-refractivity contribution in [2.45, 2.75) is 37.6 Å². The molecule has 5 rings (SSSR count). The summed E-state index contributed by atoms with van der Waals surface area (Å²) in [6, 6.07) is 16.8. The average molecular weight is 463 g/mol. The lowest BCUT2D eigenvalue weighted by Crippen LogP contribution is -2.54. The maximum atomic E-state index is 12.3. The average Bonchev–Trinajstić information content (AvgIpc) is 3.23. The van der Waals surface area contributed by atoms with Crippen LogP contribution in [0.1, 0.15) is 36.1 Å². The third-order valence-corrected chi connectivity index (χ3v) is 7.54. The van der Waals surface area contributed by atoms with Crippen LogP contribution in [0.2, 0.25) is 0 Å². The molecule has 1 spiro atoms. The van der Waals surface area contributed by atoms with Crippen LogP contribution in [0.5, 0.6) is 5.75 Å². The molecule has 180 valence electrons. The van der Waals surface area contributed by atoms with Gasteiger partial charge in [-0.2, -0.15) is 0 Å². The summed E-state index contributed by atoms with van der Waals surface area (Å²) in [5.41, 5.74) is 5.23. The summed E-state index contributed by atoms with van der Waals surface area (Å²) in [7, 11) is 1.70. The number of ether oxygens (including phenoxy) is 1. The number of piperidine rings is 1. The van der Waals surface area contributed by atoms with Crippen molar-refractivity contribution in [1.82, 2.24) is 20.1 Å². The second-order valence-corrected chi connectivity index (χ2v) is 9.60. The van der Waals surface area contributed by atoms with Gasteiger partial charge in [-0.3, -0.25) is 4.90 Å². The highest BCUT2D eigenvalue weighted by Crippen LogP contribution is 2.45. The first-order chi connectivity index (χ1) is 16.6. The second kappa shape index (κ2) is 9.68. The molecule has 3 N–H and O–H groups in total. The Morgan fingerprint density at radius 2 is 1.97 bits per heavy atom. The topological polar surface area (TPSA) is 80.8 Å². The molecule has 34 heavy (non-hydrogen) atoms. The molecule has 7 nitrogen and oxygen atoms in total. The molecule has 2 aromatic carbocycles. The molecular weight excluding hydrogens is 428 g/mol. The van der Waals surface area contributed by atoms with E-state index in [1.165, 1.54) is 22.2 Å². The monoisotopic (exact) mass is 462 g/mol. The number of aryl methyl sites for hydroxylation is 1. The Labute approximate surface area is 200 Å². The van der Waals surface area contributed by atoms with Crippen LogP contribution in [0.15, 0.2) is 48.5 Å². The number of likely N-dealkylation sites (tertiary alicyclic amines) is 1. The van der Waals surface area contributed by atoms with Gasteiger partial charge in [-0.25, -0.2) is 4.79 Å². The SMILES string of the molecule is COc1ccc2c3c([nH]c2c1)CN(CCCc1ccccc1)CC31CCN(C(=O)NCO)CC1. The number of aliphatic hydroxyl groups is 1. The molecule has 0 radical (unpaired) electrons. The summed E-state index contributed by atoms with van der Waals surface area (Å²) >= 11 is 0. The van der Waals surface area contributed by atoms with E-state index in [0.29, 0.717) is 13.1 Å². The molecule has 2 amide bonds. The minimum absolute atomic E-state index is 0.00314. The zero-order valence-electron chi connectivity index (χ0n) is 19.8. The predicted molar refractivity (Wildman–Crippen MR) is 133 cm³/mol. The number of rotatable bonds is 6. The lowest BCUT2D eigenvalue weighted by molar-refractivity contribution is 0.104.